The van der Waals surface area contributed by atoms with E-state index in [2.05, 4.69) is 9.97 Å². The Morgan fingerprint density at radius 2 is 1.91 bits per heavy atom. The Bertz CT molecular complexity index is 859. The molecule has 0 aliphatic rings. The van der Waals surface area contributed by atoms with E-state index in [1.165, 1.54) is 23.3 Å². The van der Waals surface area contributed by atoms with Gasteiger partial charge in [0.1, 0.15) is 6.61 Å². The van der Waals surface area contributed by atoms with Crippen LogP contribution in [0.3, 0.4) is 0 Å². The quantitative estimate of drug-likeness (QED) is 0.684. The predicted octanol–water partition coefficient (Wildman–Crippen LogP) is 1.65. The van der Waals surface area contributed by atoms with Gasteiger partial charge in [-0.3, -0.25) is 14.3 Å². The molecule has 0 saturated carbocycles. The van der Waals surface area contributed by atoms with Crippen LogP contribution in [0.2, 0.25) is 0 Å². The molecule has 0 bridgehead atoms. The lowest BCUT2D eigenvalue weighted by Gasteiger charge is -2.07. The number of rotatable bonds is 4. The number of pyridine rings is 1. The summed E-state index contributed by atoms with van der Waals surface area (Å²) in [4.78, 5) is 32.1. The van der Waals surface area contributed by atoms with Crippen LogP contribution in [0.25, 0.3) is 10.9 Å². The number of ether oxygens (including phenoxy) is 1. The standard InChI is InChI=1S/C16H13N3O3/c20-15-13-3-1-2-4-14(13)18-11-19(15)9-10-22-16(21)12-5-7-17-8-6-12/h1-8,11H,9-10H2. The topological polar surface area (TPSA) is 74.1 Å². The minimum Gasteiger partial charge on any atom is -0.460 e. The van der Waals surface area contributed by atoms with E-state index in [1.807, 2.05) is 6.07 Å². The largest absolute Gasteiger partial charge is 0.460 e. The van der Waals surface area contributed by atoms with E-state index in [1.54, 1.807) is 30.3 Å². The number of carbonyl (C=O) groups is 1. The van der Waals surface area contributed by atoms with Crippen LogP contribution in [0.15, 0.2) is 59.9 Å². The van der Waals surface area contributed by atoms with E-state index in [0.717, 1.165) is 0 Å². The molecule has 0 aliphatic carbocycles. The van der Waals surface area contributed by atoms with Gasteiger partial charge in [-0.2, -0.15) is 0 Å². The van der Waals surface area contributed by atoms with Crippen molar-refractivity contribution in [3.8, 4) is 0 Å². The van der Waals surface area contributed by atoms with Crippen molar-refractivity contribution in [2.75, 3.05) is 6.61 Å². The van der Waals surface area contributed by atoms with Gasteiger partial charge in [-0.1, -0.05) is 12.1 Å². The van der Waals surface area contributed by atoms with Gasteiger partial charge in [0.05, 0.1) is 29.3 Å². The molecule has 110 valence electrons. The first-order valence-corrected chi connectivity index (χ1v) is 6.77. The molecule has 0 fully saturated rings. The Morgan fingerprint density at radius 3 is 2.73 bits per heavy atom. The number of esters is 1. The van der Waals surface area contributed by atoms with Gasteiger partial charge in [0.25, 0.3) is 5.56 Å². The summed E-state index contributed by atoms with van der Waals surface area (Å²) < 4.78 is 6.58. The zero-order valence-corrected chi connectivity index (χ0v) is 11.7. The second kappa shape index (κ2) is 6.17. The van der Waals surface area contributed by atoms with Gasteiger partial charge < -0.3 is 4.74 Å². The number of hydrogen-bond donors (Lipinski definition) is 0. The average molecular weight is 295 g/mol. The van der Waals surface area contributed by atoms with Crippen molar-refractivity contribution in [3.05, 3.63) is 71.0 Å². The Hall–Kier alpha value is -3.02. The Balaban J connectivity index is 1.68. The van der Waals surface area contributed by atoms with Crippen molar-refractivity contribution in [1.82, 2.24) is 14.5 Å². The summed E-state index contributed by atoms with van der Waals surface area (Å²) in [5, 5.41) is 0.547. The van der Waals surface area contributed by atoms with E-state index in [0.29, 0.717) is 16.5 Å². The third kappa shape index (κ3) is 2.85. The van der Waals surface area contributed by atoms with Gasteiger partial charge in [-0.15, -0.1) is 0 Å². The summed E-state index contributed by atoms with van der Waals surface area (Å²) in [6, 6.07) is 10.3. The molecule has 22 heavy (non-hydrogen) atoms. The molecule has 0 spiro atoms. The van der Waals surface area contributed by atoms with Gasteiger partial charge in [0.2, 0.25) is 0 Å². The zero-order valence-electron chi connectivity index (χ0n) is 11.7. The fraction of sp³-hybridized carbons (Fsp3) is 0.125. The monoisotopic (exact) mass is 295 g/mol. The molecule has 6 nitrogen and oxygen atoms in total. The minimum atomic E-state index is -0.441. The molecular formula is C16H13N3O3. The van der Waals surface area contributed by atoms with Crippen LogP contribution in [0.4, 0.5) is 0 Å². The van der Waals surface area contributed by atoms with Crippen LogP contribution in [0.1, 0.15) is 10.4 Å². The molecule has 3 aromatic rings. The molecule has 0 radical (unpaired) electrons. The molecule has 0 unspecified atom stereocenters. The molecule has 2 aromatic heterocycles. The van der Waals surface area contributed by atoms with E-state index < -0.39 is 5.97 Å². The fourth-order valence-corrected chi connectivity index (χ4v) is 2.07. The molecule has 0 saturated heterocycles. The molecule has 1 aromatic carbocycles. The van der Waals surface area contributed by atoms with Gasteiger partial charge in [0.15, 0.2) is 0 Å². The van der Waals surface area contributed by atoms with Gasteiger partial charge in [0, 0.05) is 12.4 Å². The van der Waals surface area contributed by atoms with Gasteiger partial charge >= 0.3 is 5.97 Å². The smallest absolute Gasteiger partial charge is 0.338 e. The summed E-state index contributed by atoms with van der Waals surface area (Å²) >= 11 is 0. The van der Waals surface area contributed by atoms with Crippen LogP contribution < -0.4 is 5.56 Å². The van der Waals surface area contributed by atoms with E-state index in [9.17, 15) is 9.59 Å². The first-order chi connectivity index (χ1) is 10.8. The molecule has 0 aliphatic heterocycles. The van der Waals surface area contributed by atoms with Crippen molar-refractivity contribution < 1.29 is 9.53 Å². The van der Waals surface area contributed by atoms with Crippen molar-refractivity contribution >= 4 is 16.9 Å². The highest BCUT2D eigenvalue weighted by molar-refractivity contribution is 5.89. The third-order valence-corrected chi connectivity index (χ3v) is 3.21. The predicted molar refractivity (Wildman–Crippen MR) is 80.5 cm³/mol. The number of carbonyl (C=O) groups excluding carboxylic acids is 1. The van der Waals surface area contributed by atoms with Crippen LogP contribution >= 0.6 is 0 Å². The lowest BCUT2D eigenvalue weighted by molar-refractivity contribution is 0.0490. The molecule has 6 heteroatoms. The SMILES string of the molecule is O=C(OCCn1cnc2ccccc2c1=O)c1ccncc1. The fourth-order valence-electron chi connectivity index (χ4n) is 2.07. The first kappa shape index (κ1) is 13.9. The molecule has 3 rings (SSSR count). The van der Waals surface area contributed by atoms with Gasteiger partial charge in [-0.25, -0.2) is 9.78 Å². The Kier molecular flexibility index (Phi) is 3.91. The number of hydrogen-bond acceptors (Lipinski definition) is 5. The lowest BCUT2D eigenvalue weighted by Crippen LogP contribution is -2.23. The van der Waals surface area contributed by atoms with Crippen LogP contribution in [0, 0.1) is 0 Å². The third-order valence-electron chi connectivity index (χ3n) is 3.21. The number of aromatic nitrogens is 3. The summed E-state index contributed by atoms with van der Waals surface area (Å²) in [5.41, 5.74) is 0.932. The van der Waals surface area contributed by atoms with Crippen molar-refractivity contribution in [1.29, 1.82) is 0 Å². The summed E-state index contributed by atoms with van der Waals surface area (Å²) in [5.74, 6) is -0.441. The Labute approximate surface area is 126 Å². The first-order valence-electron chi connectivity index (χ1n) is 6.77. The van der Waals surface area contributed by atoms with Crippen LogP contribution in [-0.2, 0) is 11.3 Å². The minimum absolute atomic E-state index is 0.0983. The Morgan fingerprint density at radius 1 is 1.14 bits per heavy atom. The van der Waals surface area contributed by atoms with E-state index in [-0.39, 0.29) is 18.7 Å². The highest BCUT2D eigenvalue weighted by atomic mass is 16.5. The number of para-hydroxylation sites is 1. The van der Waals surface area contributed by atoms with Crippen molar-refractivity contribution in [2.24, 2.45) is 0 Å². The lowest BCUT2D eigenvalue weighted by atomic mass is 10.2. The molecule has 0 N–H and O–H groups in total. The van der Waals surface area contributed by atoms with E-state index >= 15 is 0 Å². The molecule has 0 amide bonds. The second-order valence-electron chi connectivity index (χ2n) is 4.63. The van der Waals surface area contributed by atoms with Crippen molar-refractivity contribution in [3.63, 3.8) is 0 Å². The van der Waals surface area contributed by atoms with Crippen LogP contribution in [0.5, 0.6) is 0 Å². The highest BCUT2D eigenvalue weighted by Gasteiger charge is 2.07. The summed E-state index contributed by atoms with van der Waals surface area (Å²) in [6.45, 7) is 0.356. The maximum Gasteiger partial charge on any atom is 0.338 e. The van der Waals surface area contributed by atoms with Crippen molar-refractivity contribution in [2.45, 2.75) is 6.54 Å². The average Bonchev–Trinajstić information content (AvgIpc) is 2.58. The van der Waals surface area contributed by atoms with Crippen LogP contribution in [-0.4, -0.2) is 27.1 Å². The zero-order chi connectivity index (χ0) is 15.4. The number of nitrogens with zero attached hydrogens (tertiary/aromatic N) is 3. The van der Waals surface area contributed by atoms with E-state index in [4.69, 9.17) is 4.74 Å². The maximum absolute atomic E-state index is 12.2. The normalized spacial score (nSPS) is 10.5. The molecule has 0 atom stereocenters. The number of fused-ring (bicyclic) bond motifs is 1. The summed E-state index contributed by atoms with van der Waals surface area (Å²) in [7, 11) is 0. The molecule has 2 heterocycles. The second-order valence-corrected chi connectivity index (χ2v) is 4.63. The summed E-state index contributed by atoms with van der Waals surface area (Å²) in [6.07, 6.45) is 4.51. The number of benzene rings is 1. The highest BCUT2D eigenvalue weighted by Crippen LogP contribution is 2.04. The van der Waals surface area contributed by atoms with Gasteiger partial charge in [-0.05, 0) is 24.3 Å². The maximum atomic E-state index is 12.2. The molecular weight excluding hydrogens is 282 g/mol.